The first-order valence-electron chi connectivity index (χ1n) is 3.44. The summed E-state index contributed by atoms with van der Waals surface area (Å²) < 4.78 is 25.0. The Labute approximate surface area is 82.1 Å². The highest BCUT2D eigenvalue weighted by molar-refractivity contribution is 9.09. The number of carbonyl (C=O) groups is 1. The van der Waals surface area contributed by atoms with Gasteiger partial charge in [-0.25, -0.2) is 8.78 Å². The Morgan fingerprint density at radius 2 is 2.08 bits per heavy atom. The van der Waals surface area contributed by atoms with Crippen LogP contribution in [0.5, 0.6) is 0 Å². The highest BCUT2D eigenvalue weighted by Crippen LogP contribution is 2.12. The molecule has 0 spiro atoms. The topological polar surface area (TPSA) is 29.1 Å². The third-order valence-electron chi connectivity index (χ3n) is 1.32. The second-order valence-corrected chi connectivity index (χ2v) is 2.87. The number of benzene rings is 1. The van der Waals surface area contributed by atoms with Gasteiger partial charge in [-0.1, -0.05) is 15.9 Å². The van der Waals surface area contributed by atoms with Crippen molar-refractivity contribution in [3.05, 3.63) is 29.8 Å². The number of nitrogens with one attached hydrogen (secondary N) is 1. The fourth-order valence-electron chi connectivity index (χ4n) is 0.768. The number of anilines is 1. The van der Waals surface area contributed by atoms with Crippen molar-refractivity contribution in [2.45, 2.75) is 0 Å². The first-order chi connectivity index (χ1) is 6.13. The molecule has 1 aromatic carbocycles. The van der Waals surface area contributed by atoms with Crippen LogP contribution in [0.1, 0.15) is 0 Å². The average molecular weight is 250 g/mol. The molecule has 0 saturated heterocycles. The van der Waals surface area contributed by atoms with Crippen molar-refractivity contribution in [3.63, 3.8) is 0 Å². The van der Waals surface area contributed by atoms with E-state index in [1.807, 2.05) is 0 Å². The fourth-order valence-corrected chi connectivity index (χ4v) is 0.908. The van der Waals surface area contributed by atoms with Gasteiger partial charge in [0.05, 0.1) is 5.33 Å². The minimum absolute atomic E-state index is 0.117. The predicted octanol–water partition coefficient (Wildman–Crippen LogP) is 2.30. The normalized spacial score (nSPS) is 9.77. The molecule has 0 atom stereocenters. The molecule has 0 aliphatic rings. The number of amides is 1. The lowest BCUT2D eigenvalue weighted by atomic mass is 10.3. The summed E-state index contributed by atoms with van der Waals surface area (Å²) in [6, 6.07) is 3.17. The van der Waals surface area contributed by atoms with Gasteiger partial charge in [0.1, 0.15) is 0 Å². The maximum Gasteiger partial charge on any atom is 0.235 e. The summed E-state index contributed by atoms with van der Waals surface area (Å²) >= 11 is 2.93. The van der Waals surface area contributed by atoms with Crippen LogP contribution in [0.25, 0.3) is 0 Å². The van der Waals surface area contributed by atoms with Crippen LogP contribution in [0.4, 0.5) is 14.5 Å². The van der Waals surface area contributed by atoms with E-state index in [0.717, 1.165) is 12.1 Å². The van der Waals surface area contributed by atoms with Crippen molar-refractivity contribution in [2.75, 3.05) is 10.6 Å². The van der Waals surface area contributed by atoms with E-state index in [4.69, 9.17) is 0 Å². The molecule has 70 valence electrons. The molecule has 1 amide bonds. The minimum Gasteiger partial charge on any atom is -0.325 e. The van der Waals surface area contributed by atoms with Crippen molar-refractivity contribution >= 4 is 27.5 Å². The predicted molar refractivity (Wildman–Crippen MR) is 48.8 cm³/mol. The zero-order valence-corrected chi connectivity index (χ0v) is 8.07. The number of rotatable bonds is 2. The Balaban J connectivity index is 2.79. The van der Waals surface area contributed by atoms with Crippen LogP contribution in [0, 0.1) is 11.6 Å². The number of hydrogen-bond acceptors (Lipinski definition) is 1. The summed E-state index contributed by atoms with van der Waals surface area (Å²) in [6.45, 7) is 0. The molecule has 1 N–H and O–H groups in total. The van der Waals surface area contributed by atoms with E-state index in [2.05, 4.69) is 21.2 Å². The second kappa shape index (κ2) is 4.32. The first kappa shape index (κ1) is 10.1. The lowest BCUT2D eigenvalue weighted by Crippen LogP contribution is -2.12. The molecule has 0 radical (unpaired) electrons. The van der Waals surface area contributed by atoms with Crippen molar-refractivity contribution < 1.29 is 13.6 Å². The van der Waals surface area contributed by atoms with Gasteiger partial charge < -0.3 is 5.32 Å². The lowest BCUT2D eigenvalue weighted by molar-refractivity contribution is -0.113. The SMILES string of the molecule is O=C(CBr)Nc1ccc(F)c(F)c1. The van der Waals surface area contributed by atoms with Crippen molar-refractivity contribution in [1.82, 2.24) is 0 Å². The fraction of sp³-hybridized carbons (Fsp3) is 0.125. The van der Waals surface area contributed by atoms with Gasteiger partial charge in [0, 0.05) is 11.8 Å². The van der Waals surface area contributed by atoms with Gasteiger partial charge in [0.2, 0.25) is 5.91 Å². The Bertz CT molecular complexity index is 330. The molecule has 0 saturated carbocycles. The molecule has 0 heterocycles. The van der Waals surface area contributed by atoms with Gasteiger partial charge in [0.25, 0.3) is 0 Å². The minimum atomic E-state index is -0.979. The molecule has 0 aromatic heterocycles. The highest BCUT2D eigenvalue weighted by atomic mass is 79.9. The van der Waals surface area contributed by atoms with Crippen LogP contribution in [0.15, 0.2) is 18.2 Å². The summed E-state index contributed by atoms with van der Waals surface area (Å²) in [5.74, 6) is -2.23. The molecular formula is C8H6BrF2NO. The zero-order chi connectivity index (χ0) is 9.84. The van der Waals surface area contributed by atoms with E-state index >= 15 is 0 Å². The van der Waals surface area contributed by atoms with Crippen LogP contribution >= 0.6 is 15.9 Å². The molecule has 0 aliphatic carbocycles. The van der Waals surface area contributed by atoms with Gasteiger partial charge >= 0.3 is 0 Å². The highest BCUT2D eigenvalue weighted by Gasteiger charge is 2.04. The van der Waals surface area contributed by atoms with Crippen molar-refractivity contribution in [3.8, 4) is 0 Å². The lowest BCUT2D eigenvalue weighted by Gasteiger charge is -2.02. The smallest absolute Gasteiger partial charge is 0.235 e. The first-order valence-corrected chi connectivity index (χ1v) is 4.56. The second-order valence-electron chi connectivity index (χ2n) is 2.31. The molecule has 5 heteroatoms. The average Bonchev–Trinajstić information content (AvgIpc) is 2.11. The molecule has 0 aliphatic heterocycles. The number of halogens is 3. The summed E-state index contributed by atoms with van der Waals surface area (Å²) in [4.78, 5) is 10.8. The molecule has 0 unspecified atom stereocenters. The maximum absolute atomic E-state index is 12.6. The molecule has 0 fully saturated rings. The van der Waals surface area contributed by atoms with Gasteiger partial charge in [-0.05, 0) is 12.1 Å². The van der Waals surface area contributed by atoms with Gasteiger partial charge in [0.15, 0.2) is 11.6 Å². The van der Waals surface area contributed by atoms with Crippen LogP contribution in [-0.4, -0.2) is 11.2 Å². The quantitative estimate of drug-likeness (QED) is 0.801. The molecule has 0 bridgehead atoms. The summed E-state index contributed by atoms with van der Waals surface area (Å²) in [6.07, 6.45) is 0. The Kier molecular flexibility index (Phi) is 3.36. The number of alkyl halides is 1. The van der Waals surface area contributed by atoms with Crippen LogP contribution in [0.3, 0.4) is 0 Å². The monoisotopic (exact) mass is 249 g/mol. The van der Waals surface area contributed by atoms with Crippen molar-refractivity contribution in [1.29, 1.82) is 0 Å². The van der Waals surface area contributed by atoms with E-state index in [1.165, 1.54) is 6.07 Å². The Hall–Kier alpha value is -0.970. The third kappa shape index (κ3) is 2.77. The molecule has 1 aromatic rings. The third-order valence-corrected chi connectivity index (χ3v) is 1.83. The Morgan fingerprint density at radius 3 is 2.62 bits per heavy atom. The van der Waals surface area contributed by atoms with Gasteiger partial charge in [-0.2, -0.15) is 0 Å². The largest absolute Gasteiger partial charge is 0.325 e. The van der Waals surface area contributed by atoms with Crippen LogP contribution in [0.2, 0.25) is 0 Å². The number of carbonyl (C=O) groups excluding carboxylic acids is 1. The van der Waals surface area contributed by atoms with E-state index in [0.29, 0.717) is 0 Å². The number of hydrogen-bond donors (Lipinski definition) is 1. The summed E-state index contributed by atoms with van der Waals surface area (Å²) in [7, 11) is 0. The van der Waals surface area contributed by atoms with E-state index in [-0.39, 0.29) is 16.9 Å². The molecule has 2 nitrogen and oxygen atoms in total. The molecule has 1 rings (SSSR count). The summed E-state index contributed by atoms with van der Waals surface area (Å²) in [5, 5.41) is 2.48. The standard InChI is InChI=1S/C8H6BrF2NO/c9-4-8(13)12-5-1-2-6(10)7(11)3-5/h1-3H,4H2,(H,12,13). The Morgan fingerprint density at radius 1 is 1.38 bits per heavy atom. The maximum atomic E-state index is 12.6. The summed E-state index contributed by atoms with van der Waals surface area (Å²) in [5.41, 5.74) is 0.239. The van der Waals surface area contributed by atoms with E-state index in [1.54, 1.807) is 0 Å². The van der Waals surface area contributed by atoms with Crippen LogP contribution in [-0.2, 0) is 4.79 Å². The molecule has 13 heavy (non-hydrogen) atoms. The molecular weight excluding hydrogens is 244 g/mol. The van der Waals surface area contributed by atoms with Gasteiger partial charge in [-0.3, -0.25) is 4.79 Å². The van der Waals surface area contributed by atoms with Crippen molar-refractivity contribution in [2.24, 2.45) is 0 Å². The zero-order valence-electron chi connectivity index (χ0n) is 6.48. The van der Waals surface area contributed by atoms with E-state index in [9.17, 15) is 13.6 Å². The van der Waals surface area contributed by atoms with E-state index < -0.39 is 11.6 Å². The van der Waals surface area contributed by atoms with Gasteiger partial charge in [-0.15, -0.1) is 0 Å². The van der Waals surface area contributed by atoms with Crippen LogP contribution < -0.4 is 5.32 Å².